The first-order chi connectivity index (χ1) is 12.2. The third kappa shape index (κ3) is 5.35. The van der Waals surface area contributed by atoms with Crippen LogP contribution in [0.25, 0.3) is 0 Å². The Kier molecular flexibility index (Phi) is 7.01. The number of carbonyl (C=O) groups is 1. The molecule has 0 aliphatic heterocycles. The van der Waals surface area contributed by atoms with Gasteiger partial charge in [-0.05, 0) is 49.7 Å². The molecule has 2 rings (SSSR count). The Morgan fingerprint density at radius 2 is 1.92 bits per heavy atom. The van der Waals surface area contributed by atoms with Crippen LogP contribution in [0.3, 0.4) is 0 Å². The van der Waals surface area contributed by atoms with E-state index in [-0.39, 0.29) is 11.7 Å². The van der Waals surface area contributed by atoms with Gasteiger partial charge in [0.1, 0.15) is 0 Å². The molecule has 0 fully saturated rings. The van der Waals surface area contributed by atoms with Crippen molar-refractivity contribution in [1.29, 1.82) is 0 Å². The summed E-state index contributed by atoms with van der Waals surface area (Å²) in [6, 6.07) is 12.1. The first-order valence-corrected chi connectivity index (χ1v) is 8.41. The minimum Gasteiger partial charge on any atom is -0.504 e. The van der Waals surface area contributed by atoms with E-state index >= 15 is 0 Å². The number of phenols is 1. The van der Waals surface area contributed by atoms with E-state index in [1.54, 1.807) is 48.7 Å². The predicted molar refractivity (Wildman–Crippen MR) is 98.2 cm³/mol. The van der Waals surface area contributed by atoms with E-state index in [1.807, 2.05) is 13.8 Å². The molecule has 0 radical (unpaired) electrons. The molecule has 0 saturated carbocycles. The third-order valence-electron chi connectivity index (χ3n) is 3.52. The van der Waals surface area contributed by atoms with Gasteiger partial charge in [0.2, 0.25) is 0 Å². The van der Waals surface area contributed by atoms with Crippen molar-refractivity contribution in [1.82, 2.24) is 0 Å². The predicted octanol–water partition coefficient (Wildman–Crippen LogP) is 4.50. The lowest BCUT2D eigenvalue weighted by Crippen LogP contribution is -2.05. The molecule has 0 aliphatic carbocycles. The van der Waals surface area contributed by atoms with E-state index in [0.717, 1.165) is 12.8 Å². The second-order valence-corrected chi connectivity index (χ2v) is 5.42. The summed E-state index contributed by atoms with van der Waals surface area (Å²) in [6.45, 7) is 4.81. The summed E-state index contributed by atoms with van der Waals surface area (Å²) in [5.74, 6) is 0.159. The number of unbranched alkanes of at least 4 members (excludes halogenated alkanes) is 1. The Hall–Kier alpha value is -2.82. The van der Waals surface area contributed by atoms with Crippen LogP contribution in [0.2, 0.25) is 0 Å². The van der Waals surface area contributed by atoms with E-state index in [9.17, 15) is 9.90 Å². The van der Waals surface area contributed by atoms with Crippen LogP contribution in [0.15, 0.2) is 47.5 Å². The molecule has 1 N–H and O–H groups in total. The number of benzene rings is 2. The van der Waals surface area contributed by atoms with E-state index in [4.69, 9.17) is 9.47 Å². The Morgan fingerprint density at radius 3 is 2.60 bits per heavy atom. The number of nitrogens with zero attached hydrogens (tertiary/aromatic N) is 1. The maximum atomic E-state index is 11.8. The zero-order valence-corrected chi connectivity index (χ0v) is 14.6. The van der Waals surface area contributed by atoms with Gasteiger partial charge in [0, 0.05) is 11.8 Å². The van der Waals surface area contributed by atoms with Gasteiger partial charge in [-0.15, -0.1) is 0 Å². The van der Waals surface area contributed by atoms with Gasteiger partial charge in [-0.1, -0.05) is 19.4 Å². The van der Waals surface area contributed by atoms with E-state index in [0.29, 0.717) is 35.8 Å². The Bertz CT molecular complexity index is 723. The number of esters is 1. The van der Waals surface area contributed by atoms with E-state index in [1.165, 1.54) is 0 Å². The van der Waals surface area contributed by atoms with Crippen LogP contribution >= 0.6 is 0 Å². The first-order valence-electron chi connectivity index (χ1n) is 8.41. The van der Waals surface area contributed by atoms with E-state index < -0.39 is 0 Å². The highest BCUT2D eigenvalue weighted by Gasteiger charge is 2.07. The van der Waals surface area contributed by atoms with Gasteiger partial charge in [0.05, 0.1) is 24.5 Å². The summed E-state index contributed by atoms with van der Waals surface area (Å²) in [6.07, 6.45) is 3.41. The van der Waals surface area contributed by atoms with Crippen molar-refractivity contribution < 1.29 is 19.4 Å². The standard InChI is InChI=1S/C20H23NO4/c1-3-5-13-25-20(23)15-9-11-17(12-10-15)21-14-16-7-6-8-18(19(16)22)24-4-2/h6-12,14,22H,3-5,13H2,1-2H3. The number of aliphatic imine (C=N–C) groups is 1. The number of phenolic OH excluding ortho intramolecular Hbond substituents is 1. The molecule has 0 bridgehead atoms. The second kappa shape index (κ2) is 9.47. The fourth-order valence-corrected chi connectivity index (χ4v) is 2.14. The van der Waals surface area contributed by atoms with Crippen LogP contribution in [0.1, 0.15) is 42.6 Å². The van der Waals surface area contributed by atoms with Crippen molar-refractivity contribution in [2.75, 3.05) is 13.2 Å². The number of aromatic hydroxyl groups is 1. The molecule has 2 aromatic rings. The molecule has 0 aromatic heterocycles. The summed E-state index contributed by atoms with van der Waals surface area (Å²) in [4.78, 5) is 16.2. The minimum atomic E-state index is -0.328. The normalized spacial score (nSPS) is 10.8. The van der Waals surface area contributed by atoms with Crippen molar-refractivity contribution >= 4 is 17.9 Å². The monoisotopic (exact) mass is 341 g/mol. The van der Waals surface area contributed by atoms with Crippen molar-refractivity contribution in [3.8, 4) is 11.5 Å². The molecule has 0 unspecified atom stereocenters. The molecule has 0 amide bonds. The van der Waals surface area contributed by atoms with Gasteiger partial charge in [-0.3, -0.25) is 4.99 Å². The summed E-state index contributed by atoms with van der Waals surface area (Å²) < 4.78 is 10.5. The highest BCUT2D eigenvalue weighted by atomic mass is 16.5. The highest BCUT2D eigenvalue weighted by Crippen LogP contribution is 2.29. The average molecular weight is 341 g/mol. The van der Waals surface area contributed by atoms with Gasteiger partial charge in [0.25, 0.3) is 0 Å². The lowest BCUT2D eigenvalue weighted by atomic mass is 10.2. The molecule has 0 spiro atoms. The molecular weight excluding hydrogens is 318 g/mol. The number of hydrogen-bond acceptors (Lipinski definition) is 5. The Balaban J connectivity index is 2.05. The van der Waals surface area contributed by atoms with Crippen molar-refractivity contribution in [3.63, 3.8) is 0 Å². The lowest BCUT2D eigenvalue weighted by Gasteiger charge is -2.07. The topological polar surface area (TPSA) is 68.1 Å². The van der Waals surface area contributed by atoms with E-state index in [2.05, 4.69) is 4.99 Å². The fraction of sp³-hybridized carbons (Fsp3) is 0.300. The number of carbonyl (C=O) groups excluding carboxylic acids is 1. The van der Waals surface area contributed by atoms with Crippen LogP contribution < -0.4 is 4.74 Å². The third-order valence-corrected chi connectivity index (χ3v) is 3.52. The van der Waals surface area contributed by atoms with Crippen molar-refractivity contribution in [3.05, 3.63) is 53.6 Å². The molecule has 5 nitrogen and oxygen atoms in total. The van der Waals surface area contributed by atoms with Crippen LogP contribution in [0.5, 0.6) is 11.5 Å². The molecular formula is C20H23NO4. The van der Waals surface area contributed by atoms with Crippen LogP contribution in [0, 0.1) is 0 Å². The van der Waals surface area contributed by atoms with Gasteiger partial charge in [0.15, 0.2) is 11.5 Å². The molecule has 0 saturated heterocycles. The largest absolute Gasteiger partial charge is 0.504 e. The Morgan fingerprint density at radius 1 is 1.16 bits per heavy atom. The number of para-hydroxylation sites is 1. The minimum absolute atomic E-state index is 0.0595. The van der Waals surface area contributed by atoms with Gasteiger partial charge < -0.3 is 14.6 Å². The summed E-state index contributed by atoms with van der Waals surface area (Å²) >= 11 is 0. The zero-order chi connectivity index (χ0) is 18.1. The molecule has 2 aromatic carbocycles. The highest BCUT2D eigenvalue weighted by molar-refractivity contribution is 5.90. The average Bonchev–Trinajstić information content (AvgIpc) is 2.63. The Labute approximate surface area is 147 Å². The summed E-state index contributed by atoms with van der Waals surface area (Å²) in [7, 11) is 0. The molecule has 132 valence electrons. The van der Waals surface area contributed by atoms with Gasteiger partial charge in [-0.25, -0.2) is 4.79 Å². The molecule has 0 aliphatic rings. The first kappa shape index (κ1) is 18.5. The quantitative estimate of drug-likeness (QED) is 0.436. The smallest absolute Gasteiger partial charge is 0.338 e. The van der Waals surface area contributed by atoms with Crippen LogP contribution in [-0.2, 0) is 4.74 Å². The maximum Gasteiger partial charge on any atom is 0.338 e. The number of rotatable bonds is 8. The molecule has 25 heavy (non-hydrogen) atoms. The van der Waals surface area contributed by atoms with Gasteiger partial charge in [-0.2, -0.15) is 0 Å². The molecule has 5 heteroatoms. The maximum absolute atomic E-state index is 11.8. The number of hydrogen-bond donors (Lipinski definition) is 1. The molecule has 0 heterocycles. The zero-order valence-electron chi connectivity index (χ0n) is 14.6. The summed E-state index contributed by atoms with van der Waals surface area (Å²) in [5.41, 5.74) is 1.73. The van der Waals surface area contributed by atoms with Gasteiger partial charge >= 0.3 is 5.97 Å². The second-order valence-electron chi connectivity index (χ2n) is 5.42. The lowest BCUT2D eigenvalue weighted by molar-refractivity contribution is 0.0500. The van der Waals surface area contributed by atoms with Crippen molar-refractivity contribution in [2.24, 2.45) is 4.99 Å². The SMILES string of the molecule is CCCCOC(=O)c1ccc(N=Cc2cccc(OCC)c2O)cc1. The molecule has 0 atom stereocenters. The summed E-state index contributed by atoms with van der Waals surface area (Å²) in [5, 5.41) is 10.1. The van der Waals surface area contributed by atoms with Crippen LogP contribution in [0.4, 0.5) is 5.69 Å². The van der Waals surface area contributed by atoms with Crippen molar-refractivity contribution in [2.45, 2.75) is 26.7 Å². The fourth-order valence-electron chi connectivity index (χ4n) is 2.14. The van der Waals surface area contributed by atoms with Crippen LogP contribution in [-0.4, -0.2) is 30.5 Å². The number of ether oxygens (including phenoxy) is 2.